The Balaban J connectivity index is 4.24. The summed E-state index contributed by atoms with van der Waals surface area (Å²) < 4.78 is 17.0. The van der Waals surface area contributed by atoms with Crippen LogP contribution in [0.3, 0.4) is 0 Å². The van der Waals surface area contributed by atoms with Crippen molar-refractivity contribution in [1.29, 1.82) is 0 Å². The average molecular weight is 1150 g/mol. The van der Waals surface area contributed by atoms with Crippen molar-refractivity contribution in [2.75, 3.05) is 13.2 Å². The van der Waals surface area contributed by atoms with Crippen molar-refractivity contribution in [2.24, 2.45) is 0 Å². The highest BCUT2D eigenvalue weighted by Gasteiger charge is 2.19. The van der Waals surface area contributed by atoms with E-state index >= 15 is 0 Å². The fourth-order valence-electron chi connectivity index (χ4n) is 9.99. The molecule has 0 bridgehead atoms. The van der Waals surface area contributed by atoms with Crippen LogP contribution < -0.4 is 0 Å². The highest BCUT2D eigenvalue weighted by Crippen LogP contribution is 2.17. The Morgan fingerprint density at radius 1 is 0.253 bits per heavy atom. The predicted molar refractivity (Wildman–Crippen MR) is 362 cm³/mol. The summed E-state index contributed by atoms with van der Waals surface area (Å²) in [5.74, 6) is -0.883. The minimum absolute atomic E-state index is 0.0811. The SMILES string of the molecule is CC/C=C\C/C=C\C/C=C\C/C=C\C/C=C\C/C=C\C/C=C\CCCCCCCCCCCCCC(=O)OCC(COC(=O)CCCCCCC/C=C\C/C=C\CCC)OC(=O)CCCCCCCCCCCCCCCCCCCCC. The van der Waals surface area contributed by atoms with E-state index in [9.17, 15) is 14.4 Å². The summed E-state index contributed by atoms with van der Waals surface area (Å²) in [6, 6.07) is 0. The monoisotopic (exact) mass is 1150 g/mol. The van der Waals surface area contributed by atoms with Gasteiger partial charge in [0.1, 0.15) is 13.2 Å². The van der Waals surface area contributed by atoms with Crippen LogP contribution in [0.5, 0.6) is 0 Å². The fourth-order valence-corrected chi connectivity index (χ4v) is 9.99. The molecule has 1 unspecified atom stereocenters. The van der Waals surface area contributed by atoms with E-state index in [-0.39, 0.29) is 31.1 Å². The van der Waals surface area contributed by atoms with Gasteiger partial charge in [-0.2, -0.15) is 0 Å². The van der Waals surface area contributed by atoms with Crippen molar-refractivity contribution >= 4 is 17.9 Å². The molecule has 83 heavy (non-hydrogen) atoms. The van der Waals surface area contributed by atoms with Crippen LogP contribution in [0, 0.1) is 0 Å². The van der Waals surface area contributed by atoms with Crippen molar-refractivity contribution in [3.63, 3.8) is 0 Å². The summed E-state index contributed by atoms with van der Waals surface area (Å²) in [4.78, 5) is 38.4. The number of carbonyl (C=O) groups excluding carboxylic acids is 3. The van der Waals surface area contributed by atoms with E-state index in [1.54, 1.807) is 0 Å². The molecule has 1 atom stereocenters. The van der Waals surface area contributed by atoms with Gasteiger partial charge >= 0.3 is 17.9 Å². The lowest BCUT2D eigenvalue weighted by Gasteiger charge is -2.18. The zero-order chi connectivity index (χ0) is 59.9. The van der Waals surface area contributed by atoms with Crippen LogP contribution in [0.25, 0.3) is 0 Å². The molecule has 0 aliphatic carbocycles. The Bertz CT molecular complexity index is 1660. The second-order valence-electron chi connectivity index (χ2n) is 23.4. The largest absolute Gasteiger partial charge is 0.462 e. The van der Waals surface area contributed by atoms with E-state index in [0.29, 0.717) is 19.3 Å². The molecule has 0 aromatic rings. The van der Waals surface area contributed by atoms with Gasteiger partial charge in [-0.25, -0.2) is 0 Å². The predicted octanol–water partition coefficient (Wildman–Crippen LogP) is 24.6. The third-order valence-corrected chi connectivity index (χ3v) is 15.2. The molecule has 0 saturated heterocycles. The molecule has 0 aliphatic rings. The van der Waals surface area contributed by atoms with Gasteiger partial charge in [0.05, 0.1) is 0 Å². The number of carbonyl (C=O) groups is 3. The van der Waals surface area contributed by atoms with Gasteiger partial charge in [-0.15, -0.1) is 0 Å². The molecular formula is C77H132O6. The van der Waals surface area contributed by atoms with Gasteiger partial charge in [0, 0.05) is 19.3 Å². The molecule has 0 aromatic carbocycles. The average Bonchev–Trinajstić information content (AvgIpc) is 3.49. The van der Waals surface area contributed by atoms with Gasteiger partial charge in [-0.1, -0.05) is 329 Å². The Morgan fingerprint density at radius 3 is 0.783 bits per heavy atom. The van der Waals surface area contributed by atoms with Crippen LogP contribution in [0.4, 0.5) is 0 Å². The van der Waals surface area contributed by atoms with Crippen molar-refractivity contribution < 1.29 is 28.6 Å². The van der Waals surface area contributed by atoms with E-state index in [2.05, 4.69) is 130 Å². The fraction of sp³-hybridized carbons (Fsp3) is 0.727. The van der Waals surface area contributed by atoms with E-state index in [1.807, 2.05) is 0 Å². The zero-order valence-corrected chi connectivity index (χ0v) is 54.7. The van der Waals surface area contributed by atoms with Gasteiger partial charge < -0.3 is 14.2 Å². The quantitative estimate of drug-likeness (QED) is 0.0261. The summed E-state index contributed by atoms with van der Waals surface area (Å²) >= 11 is 0. The minimum Gasteiger partial charge on any atom is -0.462 e. The lowest BCUT2D eigenvalue weighted by Crippen LogP contribution is -2.30. The van der Waals surface area contributed by atoms with E-state index in [1.165, 1.54) is 173 Å². The summed E-state index contributed by atoms with van der Waals surface area (Å²) in [5.41, 5.74) is 0. The number of hydrogen-bond acceptors (Lipinski definition) is 6. The first kappa shape index (κ1) is 79.1. The number of ether oxygens (including phenoxy) is 3. The molecule has 6 nitrogen and oxygen atoms in total. The standard InChI is InChI=1S/C77H132O6/c1-4-7-10-13-16-19-22-25-27-29-31-32-33-34-35-36-37-38-39-40-41-42-43-44-46-47-49-52-55-58-61-64-67-70-76(79)82-73-74(72-81-75(78)69-66-63-60-57-54-51-24-21-18-15-12-9-6-3)83-77(80)71-68-65-62-59-56-53-50-48-45-30-28-26-23-20-17-14-11-8-5-2/h7,10,12,15-16,19,21,24-25,27,31-32,34-35,37-38,40-41,74H,4-6,8-9,11,13-14,17-18,20,22-23,26,28-30,33,36,39,42-73H2,1-3H3/b10-7-,15-12-,19-16-,24-21-,27-25-,32-31-,35-34-,38-37-,41-40-. The van der Waals surface area contributed by atoms with Gasteiger partial charge in [0.15, 0.2) is 6.10 Å². The number of hydrogen-bond donors (Lipinski definition) is 0. The first-order valence-electron chi connectivity index (χ1n) is 35.4. The molecule has 6 heteroatoms. The Labute approximate surface area is 514 Å². The van der Waals surface area contributed by atoms with E-state index in [4.69, 9.17) is 14.2 Å². The Kier molecular flexibility index (Phi) is 67.2. The molecule has 0 rings (SSSR count). The molecule has 0 amide bonds. The number of allylic oxidation sites excluding steroid dienone is 18. The maximum absolute atomic E-state index is 12.9. The number of unbranched alkanes of at least 4 members (excludes halogenated alkanes) is 35. The van der Waals surface area contributed by atoms with E-state index in [0.717, 1.165) is 128 Å². The number of esters is 3. The van der Waals surface area contributed by atoms with Crippen LogP contribution >= 0.6 is 0 Å². The maximum Gasteiger partial charge on any atom is 0.306 e. The second kappa shape index (κ2) is 70.6. The maximum atomic E-state index is 12.9. The van der Waals surface area contributed by atoms with Crippen LogP contribution in [0.2, 0.25) is 0 Å². The van der Waals surface area contributed by atoms with Crippen molar-refractivity contribution in [3.8, 4) is 0 Å². The van der Waals surface area contributed by atoms with Crippen molar-refractivity contribution in [2.45, 2.75) is 348 Å². The molecule has 476 valence electrons. The molecule has 0 saturated carbocycles. The molecule has 0 aliphatic heterocycles. The van der Waals surface area contributed by atoms with Crippen molar-refractivity contribution in [1.82, 2.24) is 0 Å². The van der Waals surface area contributed by atoms with Gasteiger partial charge in [-0.05, 0) is 103 Å². The molecule has 0 radical (unpaired) electrons. The molecule has 0 fully saturated rings. The minimum atomic E-state index is -0.785. The van der Waals surface area contributed by atoms with Gasteiger partial charge in [0.25, 0.3) is 0 Å². The van der Waals surface area contributed by atoms with Crippen molar-refractivity contribution in [3.05, 3.63) is 109 Å². The molecule has 0 N–H and O–H groups in total. The molecule has 0 aromatic heterocycles. The topological polar surface area (TPSA) is 78.9 Å². The zero-order valence-electron chi connectivity index (χ0n) is 54.7. The third-order valence-electron chi connectivity index (χ3n) is 15.2. The summed E-state index contributed by atoms with van der Waals surface area (Å²) in [7, 11) is 0. The van der Waals surface area contributed by atoms with Crippen LogP contribution in [0.15, 0.2) is 109 Å². The van der Waals surface area contributed by atoms with Crippen LogP contribution in [-0.2, 0) is 28.6 Å². The van der Waals surface area contributed by atoms with Crippen LogP contribution in [-0.4, -0.2) is 37.2 Å². The van der Waals surface area contributed by atoms with Gasteiger partial charge in [-0.3, -0.25) is 14.4 Å². The molecular weight excluding hydrogens is 1020 g/mol. The first-order valence-corrected chi connectivity index (χ1v) is 35.4. The summed E-state index contributed by atoms with van der Waals surface area (Å²) in [6.07, 6.45) is 96.9. The Morgan fingerprint density at radius 2 is 0.494 bits per heavy atom. The smallest absolute Gasteiger partial charge is 0.306 e. The van der Waals surface area contributed by atoms with Gasteiger partial charge in [0.2, 0.25) is 0 Å². The summed E-state index contributed by atoms with van der Waals surface area (Å²) in [6.45, 7) is 6.49. The van der Waals surface area contributed by atoms with E-state index < -0.39 is 6.10 Å². The molecule has 0 heterocycles. The number of rotatable bonds is 64. The first-order chi connectivity index (χ1) is 41.0. The molecule has 0 spiro atoms. The third kappa shape index (κ3) is 68.7. The normalized spacial score (nSPS) is 12.8. The highest BCUT2D eigenvalue weighted by molar-refractivity contribution is 5.71. The summed E-state index contributed by atoms with van der Waals surface area (Å²) in [5, 5.41) is 0. The highest BCUT2D eigenvalue weighted by atomic mass is 16.6. The lowest BCUT2D eigenvalue weighted by atomic mass is 10.0. The Hall–Kier alpha value is -3.93. The second-order valence-corrected chi connectivity index (χ2v) is 23.4. The lowest BCUT2D eigenvalue weighted by molar-refractivity contribution is -0.167. The van der Waals surface area contributed by atoms with Crippen LogP contribution in [0.1, 0.15) is 342 Å².